The minimum atomic E-state index is 1.08. The second-order valence-electron chi connectivity index (χ2n) is 4.73. The van der Waals surface area contributed by atoms with Crippen LogP contribution < -0.4 is 0 Å². The van der Waals surface area contributed by atoms with Gasteiger partial charge in [-0.2, -0.15) is 0 Å². The second-order valence-corrected chi connectivity index (χ2v) is 4.73. The van der Waals surface area contributed by atoms with Crippen LogP contribution in [-0.4, -0.2) is 0 Å². The van der Waals surface area contributed by atoms with Crippen LogP contribution in [0.15, 0.2) is 24.3 Å². The zero-order valence-electron chi connectivity index (χ0n) is 11.8. The highest BCUT2D eigenvalue weighted by Gasteiger charge is 1.88. The van der Waals surface area contributed by atoms with Crippen LogP contribution in [0, 0.1) is 6.92 Å². The van der Waals surface area contributed by atoms with E-state index in [1.165, 1.54) is 64.2 Å². The maximum absolute atomic E-state index is 3.85. The van der Waals surface area contributed by atoms with Gasteiger partial charge in [-0.3, -0.25) is 0 Å². The Morgan fingerprint density at radius 3 is 1.65 bits per heavy atom. The molecular weight excluding hydrogens is 204 g/mol. The summed E-state index contributed by atoms with van der Waals surface area (Å²) in [4.78, 5) is 0. The molecule has 0 amide bonds. The van der Waals surface area contributed by atoms with Gasteiger partial charge in [-0.05, 0) is 45.4 Å². The van der Waals surface area contributed by atoms with Crippen molar-refractivity contribution < 1.29 is 0 Å². The Balaban J connectivity index is 3.02. The molecule has 1 radical (unpaired) electrons. The molecule has 0 aromatic heterocycles. The first-order chi connectivity index (χ1) is 8.41. The Kier molecular flexibility index (Phi) is 15.0. The van der Waals surface area contributed by atoms with E-state index in [2.05, 4.69) is 38.2 Å². The molecule has 0 fully saturated rings. The molecule has 0 aliphatic carbocycles. The van der Waals surface area contributed by atoms with Gasteiger partial charge in [0.1, 0.15) is 0 Å². The first-order valence-electron chi connectivity index (χ1n) is 7.47. The van der Waals surface area contributed by atoms with Gasteiger partial charge in [0.15, 0.2) is 0 Å². The summed E-state index contributed by atoms with van der Waals surface area (Å²) in [5.74, 6) is 0. The van der Waals surface area contributed by atoms with Gasteiger partial charge in [0.2, 0.25) is 0 Å². The molecular formula is C17H31. The number of allylic oxidation sites excluding steroid dienone is 4. The SMILES string of the molecule is [CH2]CCCC/C=C/CCCCCCC/C=C/C. The van der Waals surface area contributed by atoms with Gasteiger partial charge >= 0.3 is 0 Å². The van der Waals surface area contributed by atoms with Crippen molar-refractivity contribution in [1.82, 2.24) is 0 Å². The average Bonchev–Trinajstić information content (AvgIpc) is 2.35. The highest BCUT2D eigenvalue weighted by molar-refractivity contribution is 4.81. The number of hydrogen-bond acceptors (Lipinski definition) is 0. The molecule has 0 rings (SSSR count). The highest BCUT2D eigenvalue weighted by atomic mass is 13.9. The lowest BCUT2D eigenvalue weighted by Gasteiger charge is -1.98. The molecule has 0 N–H and O–H groups in total. The molecule has 17 heavy (non-hydrogen) atoms. The van der Waals surface area contributed by atoms with Gasteiger partial charge in [-0.1, -0.05) is 63.3 Å². The molecule has 0 atom stereocenters. The first-order valence-corrected chi connectivity index (χ1v) is 7.47. The van der Waals surface area contributed by atoms with Crippen LogP contribution in [-0.2, 0) is 0 Å². The van der Waals surface area contributed by atoms with Crippen LogP contribution in [0.1, 0.15) is 77.6 Å². The predicted octanol–water partition coefficient (Wildman–Crippen LogP) is 6.24. The Bertz CT molecular complexity index is 176. The van der Waals surface area contributed by atoms with Gasteiger partial charge in [-0.25, -0.2) is 0 Å². The van der Waals surface area contributed by atoms with E-state index in [9.17, 15) is 0 Å². The molecule has 99 valence electrons. The normalized spacial score (nSPS) is 11.9. The lowest BCUT2D eigenvalue weighted by Crippen LogP contribution is -1.78. The van der Waals surface area contributed by atoms with E-state index in [1.54, 1.807) is 0 Å². The third kappa shape index (κ3) is 15.5. The van der Waals surface area contributed by atoms with E-state index in [0.29, 0.717) is 0 Å². The van der Waals surface area contributed by atoms with Gasteiger partial charge in [0, 0.05) is 0 Å². The van der Waals surface area contributed by atoms with E-state index < -0.39 is 0 Å². The Morgan fingerprint density at radius 1 is 0.647 bits per heavy atom. The van der Waals surface area contributed by atoms with E-state index in [1.807, 2.05) is 0 Å². The van der Waals surface area contributed by atoms with Gasteiger partial charge in [0.05, 0.1) is 0 Å². The standard InChI is InChI=1S/C17H31/c1-3-5-7-9-11-13-15-17-16-14-12-10-8-6-4-2/h4,6,11,13H,1,3,5,7-10,12,14-17H2,2H3/b6-4+,13-11+. The molecule has 0 aliphatic heterocycles. The smallest absolute Gasteiger partial charge is 0.0351 e. The van der Waals surface area contributed by atoms with Crippen molar-refractivity contribution in [2.45, 2.75) is 77.6 Å². The van der Waals surface area contributed by atoms with Gasteiger partial charge in [-0.15, -0.1) is 0 Å². The lowest BCUT2D eigenvalue weighted by atomic mass is 10.1. The minimum Gasteiger partial charge on any atom is -0.0917 e. The molecule has 0 aromatic carbocycles. The van der Waals surface area contributed by atoms with Crippen molar-refractivity contribution in [3.8, 4) is 0 Å². The maximum atomic E-state index is 3.85. The summed E-state index contributed by atoms with van der Waals surface area (Å²) in [5, 5.41) is 0. The number of unbranched alkanes of at least 4 members (excludes halogenated alkanes) is 9. The summed E-state index contributed by atoms with van der Waals surface area (Å²) >= 11 is 0. The van der Waals surface area contributed by atoms with E-state index in [4.69, 9.17) is 0 Å². The minimum absolute atomic E-state index is 1.08. The summed E-state index contributed by atoms with van der Waals surface area (Å²) in [5.41, 5.74) is 0. The zero-order chi connectivity index (χ0) is 12.6. The summed E-state index contributed by atoms with van der Waals surface area (Å²) < 4.78 is 0. The van der Waals surface area contributed by atoms with Crippen molar-refractivity contribution in [2.75, 3.05) is 0 Å². The first kappa shape index (κ1) is 16.5. The molecule has 0 nitrogen and oxygen atoms in total. The fraction of sp³-hybridized carbons (Fsp3) is 0.706. The molecule has 0 aromatic rings. The zero-order valence-corrected chi connectivity index (χ0v) is 11.8. The molecule has 0 unspecified atom stereocenters. The fourth-order valence-electron chi connectivity index (χ4n) is 1.90. The van der Waals surface area contributed by atoms with E-state index in [-0.39, 0.29) is 0 Å². The van der Waals surface area contributed by atoms with Gasteiger partial charge in [0.25, 0.3) is 0 Å². The van der Waals surface area contributed by atoms with Crippen molar-refractivity contribution >= 4 is 0 Å². The van der Waals surface area contributed by atoms with Crippen LogP contribution in [0.4, 0.5) is 0 Å². The summed E-state index contributed by atoms with van der Waals surface area (Å²) in [6, 6.07) is 0. The number of hydrogen-bond donors (Lipinski definition) is 0. The third-order valence-corrected chi connectivity index (χ3v) is 3.01. The summed E-state index contributed by atoms with van der Waals surface area (Å²) in [6.45, 7) is 5.95. The monoisotopic (exact) mass is 235 g/mol. The molecule has 0 saturated heterocycles. The molecule has 0 aliphatic rings. The van der Waals surface area contributed by atoms with Crippen molar-refractivity contribution in [3.05, 3.63) is 31.2 Å². The largest absolute Gasteiger partial charge is 0.0917 e. The predicted molar refractivity (Wildman–Crippen MR) is 80.1 cm³/mol. The van der Waals surface area contributed by atoms with Crippen LogP contribution >= 0.6 is 0 Å². The van der Waals surface area contributed by atoms with Crippen molar-refractivity contribution in [2.24, 2.45) is 0 Å². The fourth-order valence-corrected chi connectivity index (χ4v) is 1.90. The molecule has 0 heteroatoms. The Hall–Kier alpha value is -0.520. The van der Waals surface area contributed by atoms with Crippen LogP contribution in [0.25, 0.3) is 0 Å². The van der Waals surface area contributed by atoms with E-state index >= 15 is 0 Å². The molecule has 0 spiro atoms. The van der Waals surface area contributed by atoms with E-state index in [0.717, 1.165) is 6.42 Å². The van der Waals surface area contributed by atoms with Crippen molar-refractivity contribution in [3.63, 3.8) is 0 Å². The van der Waals surface area contributed by atoms with Crippen molar-refractivity contribution in [1.29, 1.82) is 0 Å². The van der Waals surface area contributed by atoms with Crippen LogP contribution in [0.5, 0.6) is 0 Å². The molecule has 0 heterocycles. The second kappa shape index (κ2) is 15.5. The van der Waals surface area contributed by atoms with Crippen LogP contribution in [0.2, 0.25) is 0 Å². The lowest BCUT2D eigenvalue weighted by molar-refractivity contribution is 0.621. The van der Waals surface area contributed by atoms with Gasteiger partial charge < -0.3 is 0 Å². The average molecular weight is 235 g/mol. The quantitative estimate of drug-likeness (QED) is 0.277. The number of rotatable bonds is 12. The summed E-state index contributed by atoms with van der Waals surface area (Å²) in [6.07, 6.45) is 23.5. The van der Waals surface area contributed by atoms with Crippen LogP contribution in [0.3, 0.4) is 0 Å². The molecule has 0 bridgehead atoms. The maximum Gasteiger partial charge on any atom is -0.0351 e. The third-order valence-electron chi connectivity index (χ3n) is 3.01. The topological polar surface area (TPSA) is 0 Å². The Morgan fingerprint density at radius 2 is 1.12 bits per heavy atom. The molecule has 0 saturated carbocycles. The highest BCUT2D eigenvalue weighted by Crippen LogP contribution is 2.08. The summed E-state index contributed by atoms with van der Waals surface area (Å²) in [7, 11) is 0. The Labute approximate surface area is 109 Å².